The zero-order valence-corrected chi connectivity index (χ0v) is 19.1. The Balaban J connectivity index is 1.74. The van der Waals surface area contributed by atoms with E-state index < -0.39 is 0 Å². The van der Waals surface area contributed by atoms with Crippen LogP contribution in [0.5, 0.6) is 0 Å². The monoisotopic (exact) mass is 440 g/mol. The van der Waals surface area contributed by atoms with Gasteiger partial charge in [0.05, 0.1) is 16.6 Å². The van der Waals surface area contributed by atoms with Crippen molar-refractivity contribution in [2.45, 2.75) is 18.4 Å². The number of hydrogen-bond acceptors (Lipinski definition) is 4. The van der Waals surface area contributed by atoms with Gasteiger partial charge in [0, 0.05) is 23.1 Å². The molecule has 0 saturated carbocycles. The van der Waals surface area contributed by atoms with Crippen molar-refractivity contribution in [3.8, 4) is 22.4 Å². The number of aromatic nitrogens is 3. The predicted molar refractivity (Wildman–Crippen MR) is 133 cm³/mol. The number of nitrogens with zero attached hydrogens (tertiary/aromatic N) is 4. The summed E-state index contributed by atoms with van der Waals surface area (Å²) in [7, 11) is 4.07. The van der Waals surface area contributed by atoms with Crippen LogP contribution in [0.1, 0.15) is 6.92 Å². The maximum Gasteiger partial charge on any atom is 0.261 e. The van der Waals surface area contributed by atoms with Crippen LogP contribution in [0, 0.1) is 0 Å². The molecule has 0 aliphatic carbocycles. The second-order valence-corrected chi connectivity index (χ2v) is 9.26. The van der Waals surface area contributed by atoms with Gasteiger partial charge in [0.2, 0.25) is 0 Å². The fraction of sp³-hybridized carbons (Fsp3) is 0.154. The molecular formula is C26H24N4OS. The van der Waals surface area contributed by atoms with Crippen molar-refractivity contribution < 1.29 is 0 Å². The van der Waals surface area contributed by atoms with Gasteiger partial charge in [0.25, 0.3) is 5.56 Å². The van der Waals surface area contributed by atoms with Gasteiger partial charge < -0.3 is 0 Å². The summed E-state index contributed by atoms with van der Waals surface area (Å²) < 4.78 is 5.77. The second kappa shape index (κ2) is 8.30. The van der Waals surface area contributed by atoms with Crippen LogP contribution in [0.25, 0.3) is 38.9 Å². The molecule has 0 fully saturated rings. The lowest BCUT2D eigenvalue weighted by atomic mass is 10.0. The fourth-order valence-electron chi connectivity index (χ4n) is 4.06. The number of fused-ring (bicyclic) bond motifs is 3. The third-order valence-corrected chi connectivity index (χ3v) is 6.34. The molecule has 0 saturated heterocycles. The van der Waals surface area contributed by atoms with Crippen LogP contribution >= 0.6 is 11.9 Å². The van der Waals surface area contributed by atoms with Crippen molar-refractivity contribution in [3.63, 3.8) is 0 Å². The molecule has 3 aromatic carbocycles. The van der Waals surface area contributed by atoms with E-state index in [1.54, 1.807) is 16.5 Å². The van der Waals surface area contributed by atoms with Gasteiger partial charge in [-0.1, -0.05) is 48.5 Å². The lowest BCUT2D eigenvalue weighted by molar-refractivity contribution is 0.703. The van der Waals surface area contributed by atoms with Crippen LogP contribution in [-0.2, 0) is 6.54 Å². The number of hydrogen-bond donors (Lipinski definition) is 0. The molecule has 0 atom stereocenters. The Morgan fingerprint density at radius 1 is 0.875 bits per heavy atom. The Kier molecular flexibility index (Phi) is 5.33. The molecule has 6 heteroatoms. The summed E-state index contributed by atoms with van der Waals surface area (Å²) in [5, 5.41) is 5.57. The summed E-state index contributed by atoms with van der Waals surface area (Å²) in [6, 6.07) is 26.5. The van der Waals surface area contributed by atoms with Crippen molar-refractivity contribution in [2.75, 3.05) is 14.1 Å². The van der Waals surface area contributed by atoms with E-state index >= 15 is 0 Å². The molecule has 2 aromatic heterocycles. The Bertz CT molecular complexity index is 1490. The summed E-state index contributed by atoms with van der Waals surface area (Å²) in [5.41, 5.74) is 5.70. The van der Waals surface area contributed by atoms with Gasteiger partial charge in [-0.15, -0.1) is 0 Å². The molecule has 0 radical (unpaired) electrons. The highest BCUT2D eigenvalue weighted by molar-refractivity contribution is 7.97. The molecule has 5 aromatic rings. The zero-order chi connectivity index (χ0) is 22.2. The molecule has 0 amide bonds. The van der Waals surface area contributed by atoms with Crippen LogP contribution in [-0.4, -0.2) is 32.6 Å². The molecule has 0 unspecified atom stereocenters. The topological polar surface area (TPSA) is 42.5 Å². The fourth-order valence-corrected chi connectivity index (χ4v) is 4.80. The number of aryl methyl sites for hydroxylation is 1. The molecule has 2 heterocycles. The molecule has 32 heavy (non-hydrogen) atoms. The highest BCUT2D eigenvalue weighted by Crippen LogP contribution is 2.29. The highest BCUT2D eigenvalue weighted by Gasteiger charge is 2.15. The van der Waals surface area contributed by atoms with E-state index in [2.05, 4.69) is 34.6 Å². The van der Waals surface area contributed by atoms with Crippen molar-refractivity contribution >= 4 is 28.5 Å². The minimum absolute atomic E-state index is 0.0120. The number of rotatable bonds is 5. The van der Waals surface area contributed by atoms with Gasteiger partial charge in [0.15, 0.2) is 0 Å². The minimum Gasteiger partial charge on any atom is -0.293 e. The smallest absolute Gasteiger partial charge is 0.261 e. The van der Waals surface area contributed by atoms with E-state index in [0.29, 0.717) is 11.9 Å². The summed E-state index contributed by atoms with van der Waals surface area (Å²) in [6.07, 6.45) is 0. The first kappa shape index (κ1) is 20.5. The van der Waals surface area contributed by atoms with Gasteiger partial charge in [-0.25, -0.2) is 4.52 Å². The second-order valence-electron chi connectivity index (χ2n) is 7.88. The Morgan fingerprint density at radius 2 is 1.62 bits per heavy atom. The maximum atomic E-state index is 13.3. The average molecular weight is 441 g/mol. The summed E-state index contributed by atoms with van der Waals surface area (Å²) in [6.45, 7) is 2.58. The van der Waals surface area contributed by atoms with Crippen LogP contribution in [0.3, 0.4) is 0 Å². The molecule has 0 aliphatic heterocycles. The van der Waals surface area contributed by atoms with E-state index in [0.717, 1.165) is 33.5 Å². The van der Waals surface area contributed by atoms with Crippen LogP contribution in [0.2, 0.25) is 0 Å². The lowest BCUT2D eigenvalue weighted by Crippen LogP contribution is -2.22. The van der Waals surface area contributed by atoms with E-state index in [9.17, 15) is 4.79 Å². The van der Waals surface area contributed by atoms with Gasteiger partial charge in [-0.2, -0.15) is 5.10 Å². The average Bonchev–Trinajstić information content (AvgIpc) is 3.25. The zero-order valence-electron chi connectivity index (χ0n) is 18.3. The van der Waals surface area contributed by atoms with Crippen molar-refractivity contribution in [1.82, 2.24) is 18.5 Å². The van der Waals surface area contributed by atoms with Gasteiger partial charge in [-0.3, -0.25) is 13.7 Å². The SMILES string of the molecule is CCn1c(=O)c2ccc(-c3cccc(SN(C)C)c3)cc2n2nc(-c3ccccc3)cc12. The molecule has 0 spiro atoms. The maximum absolute atomic E-state index is 13.3. The van der Waals surface area contributed by atoms with Crippen molar-refractivity contribution in [1.29, 1.82) is 0 Å². The van der Waals surface area contributed by atoms with E-state index in [1.807, 2.05) is 74.1 Å². The molecule has 5 rings (SSSR count). The third kappa shape index (κ3) is 3.61. The van der Waals surface area contributed by atoms with Crippen LogP contribution in [0.4, 0.5) is 0 Å². The number of benzene rings is 3. The molecule has 0 aliphatic rings. The van der Waals surface area contributed by atoms with Gasteiger partial charge >= 0.3 is 0 Å². The quantitative estimate of drug-likeness (QED) is 0.335. The Labute approximate surface area is 191 Å². The van der Waals surface area contributed by atoms with Gasteiger partial charge in [0.1, 0.15) is 5.65 Å². The summed E-state index contributed by atoms with van der Waals surface area (Å²) in [4.78, 5) is 14.4. The normalized spacial score (nSPS) is 11.6. The van der Waals surface area contributed by atoms with Crippen LogP contribution < -0.4 is 5.56 Å². The molecule has 5 nitrogen and oxygen atoms in total. The van der Waals surface area contributed by atoms with Gasteiger partial charge in [-0.05, 0) is 68.4 Å². The third-order valence-electron chi connectivity index (χ3n) is 5.51. The first-order chi connectivity index (χ1) is 15.5. The minimum atomic E-state index is 0.0120. The lowest BCUT2D eigenvalue weighted by Gasteiger charge is -2.12. The largest absolute Gasteiger partial charge is 0.293 e. The first-order valence-electron chi connectivity index (χ1n) is 10.6. The summed E-state index contributed by atoms with van der Waals surface area (Å²) >= 11 is 1.68. The first-order valence-corrected chi connectivity index (χ1v) is 11.4. The van der Waals surface area contributed by atoms with Crippen LogP contribution in [0.15, 0.2) is 88.6 Å². The van der Waals surface area contributed by atoms with E-state index in [1.165, 1.54) is 4.90 Å². The van der Waals surface area contributed by atoms with Crippen molar-refractivity contribution in [2.24, 2.45) is 0 Å². The molecular weight excluding hydrogens is 416 g/mol. The Morgan fingerprint density at radius 3 is 2.38 bits per heavy atom. The van der Waals surface area contributed by atoms with E-state index in [-0.39, 0.29) is 5.56 Å². The highest BCUT2D eigenvalue weighted by atomic mass is 32.2. The summed E-state index contributed by atoms with van der Waals surface area (Å²) in [5.74, 6) is 0. The predicted octanol–water partition coefficient (Wildman–Crippen LogP) is 5.57. The molecule has 0 N–H and O–H groups in total. The van der Waals surface area contributed by atoms with E-state index in [4.69, 9.17) is 5.10 Å². The molecule has 0 bridgehead atoms. The Hall–Kier alpha value is -3.35. The van der Waals surface area contributed by atoms with Crippen molar-refractivity contribution in [3.05, 3.63) is 89.2 Å². The standard InChI is InChI=1S/C26H24N4OS/c1-4-29-25-17-23(18-9-6-5-7-10-18)27-30(25)24-16-20(13-14-22(24)26(29)31)19-11-8-12-21(15-19)32-28(2)3/h5-17H,4H2,1-3H3. The molecule has 160 valence electrons.